The summed E-state index contributed by atoms with van der Waals surface area (Å²) < 4.78 is 0. The predicted molar refractivity (Wildman–Crippen MR) is 138 cm³/mol. The van der Waals surface area contributed by atoms with Gasteiger partial charge in [0.1, 0.15) is 21.7 Å². The van der Waals surface area contributed by atoms with Crippen LogP contribution in [0.25, 0.3) is 0 Å². The molecule has 6 nitrogen and oxygen atoms in total. The Hall–Kier alpha value is -1.04. The molecule has 0 rings (SSSR count). The van der Waals surface area contributed by atoms with E-state index in [0.717, 1.165) is 41.2 Å². The number of allylic oxidation sites excluding steroid dienone is 4. The number of rotatable bonds is 15. The van der Waals surface area contributed by atoms with Gasteiger partial charge in [-0.25, -0.2) is 0 Å². The molecular weight excluding hydrogens is 489 g/mol. The van der Waals surface area contributed by atoms with Gasteiger partial charge in [0, 0.05) is 0 Å². The first-order valence-electron chi connectivity index (χ1n) is 9.30. The first-order chi connectivity index (χ1) is 14.5. The van der Waals surface area contributed by atoms with Gasteiger partial charge in [0.25, 0.3) is 0 Å². The summed E-state index contributed by atoms with van der Waals surface area (Å²) in [6, 6.07) is 0. The number of carbonyl (C=O) groups is 4. The Balaban J connectivity index is 5.45. The van der Waals surface area contributed by atoms with Crippen molar-refractivity contribution in [1.29, 1.82) is 0 Å². The molecule has 0 heterocycles. The predicted octanol–water partition coefficient (Wildman–Crippen LogP) is 4.89. The van der Waals surface area contributed by atoms with Crippen molar-refractivity contribution in [3.63, 3.8) is 0 Å². The van der Waals surface area contributed by atoms with E-state index in [-0.39, 0.29) is 22.3 Å². The van der Waals surface area contributed by atoms with Crippen LogP contribution >= 0.6 is 41.2 Å². The van der Waals surface area contributed by atoms with Crippen molar-refractivity contribution in [1.82, 2.24) is 0 Å². The van der Waals surface area contributed by atoms with Gasteiger partial charge in [-0.2, -0.15) is 0 Å². The second-order valence-electron chi connectivity index (χ2n) is 7.88. The van der Waals surface area contributed by atoms with Crippen molar-refractivity contribution >= 4 is 64.4 Å². The topological polar surface area (TPSA) is 109 Å². The highest BCUT2D eigenvalue weighted by molar-refractivity contribution is 9.26. The van der Waals surface area contributed by atoms with Gasteiger partial charge >= 0.3 is 0 Å². The maximum atomic E-state index is 12.6. The fourth-order valence-corrected chi connectivity index (χ4v) is 9.20. The highest BCUT2D eigenvalue weighted by atomic mass is 33.7. The molecular formula is C22H30O6S4. The Bertz CT molecular complexity index is 738. The molecule has 0 amide bonds. The largest absolute Gasteiger partial charge is 0.380 e. The number of ketones is 4. The first kappa shape index (κ1) is 31.0. The van der Waals surface area contributed by atoms with Crippen molar-refractivity contribution in [2.24, 2.45) is 10.8 Å². The van der Waals surface area contributed by atoms with E-state index in [4.69, 9.17) is 0 Å². The second-order valence-corrected chi connectivity index (χ2v) is 13.8. The van der Waals surface area contributed by atoms with E-state index in [1.165, 1.54) is 41.5 Å². The number of hydrogen-bond acceptors (Lipinski definition) is 10. The lowest BCUT2D eigenvalue weighted by Gasteiger charge is -2.32. The van der Waals surface area contributed by atoms with Crippen LogP contribution in [-0.2, 0) is 19.2 Å². The van der Waals surface area contributed by atoms with Crippen LogP contribution in [0.5, 0.6) is 0 Å². The third-order valence-electron chi connectivity index (χ3n) is 4.71. The first-order valence-corrected chi connectivity index (χ1v) is 14.2. The quantitative estimate of drug-likeness (QED) is 0.102. The number of carbonyl (C=O) groups excluding carboxylic acids is 4. The summed E-state index contributed by atoms with van der Waals surface area (Å²) in [5.74, 6) is -2.41. The second kappa shape index (κ2) is 12.4. The van der Waals surface area contributed by atoms with E-state index >= 15 is 0 Å². The van der Waals surface area contributed by atoms with Gasteiger partial charge < -0.3 is 10.2 Å². The maximum absolute atomic E-state index is 12.6. The minimum absolute atomic E-state index is 0.122. The Morgan fingerprint density at radius 3 is 0.938 bits per heavy atom. The van der Waals surface area contributed by atoms with E-state index in [2.05, 4.69) is 26.3 Å². The number of hydrogen-bond donors (Lipinski definition) is 2. The normalized spacial score (nSPS) is 13.6. The Morgan fingerprint density at radius 2 is 0.781 bits per heavy atom. The summed E-state index contributed by atoms with van der Waals surface area (Å²) in [6.07, 6.45) is 0. The van der Waals surface area contributed by atoms with E-state index in [1.807, 2.05) is 0 Å². The molecule has 0 bridgehead atoms. The molecule has 0 saturated carbocycles. The van der Waals surface area contributed by atoms with Gasteiger partial charge in [0.05, 0.1) is 0 Å². The molecule has 0 aliphatic heterocycles. The number of aliphatic hydroxyl groups is 2. The molecule has 0 aromatic carbocycles. The van der Waals surface area contributed by atoms with E-state index in [9.17, 15) is 29.4 Å². The van der Waals surface area contributed by atoms with E-state index in [0.29, 0.717) is 0 Å². The lowest BCUT2D eigenvalue weighted by molar-refractivity contribution is -0.140. The fraction of sp³-hybridized carbons (Fsp3) is 0.455. The zero-order valence-electron chi connectivity index (χ0n) is 19.1. The molecule has 0 saturated heterocycles. The lowest BCUT2D eigenvalue weighted by atomic mass is 9.77. The van der Waals surface area contributed by atoms with Crippen molar-refractivity contribution in [3.05, 3.63) is 48.6 Å². The SMILES string of the molecule is C=C(C)C(=O)C(C)(C(=O)C(=C)C)C(O)SSSSC(O)C(C)(C(=O)C(=C)C)C(=O)C(=C)C. The molecule has 10 heteroatoms. The summed E-state index contributed by atoms with van der Waals surface area (Å²) in [7, 11) is 3.63. The highest BCUT2D eigenvalue weighted by Gasteiger charge is 2.49. The van der Waals surface area contributed by atoms with Gasteiger partial charge in [-0.05, 0) is 105 Å². The summed E-state index contributed by atoms with van der Waals surface area (Å²) in [5, 5.41) is 21.3. The zero-order valence-corrected chi connectivity index (χ0v) is 22.4. The standard InChI is InChI=1S/C22H30O6S4/c1-11(2)15(23)21(9,16(24)12(3)4)19(27)29-31-32-30-20(28)22(10,17(25)13(5)6)18(26)14(7)8/h19-20,27-28H,1,3,5,7H2,2,4,6,8-10H3. The summed E-state index contributed by atoms with van der Waals surface area (Å²) in [4.78, 5) is 50.5. The number of Topliss-reactive ketones (excluding diaryl/α,β-unsaturated/α-hetero) is 4. The molecule has 0 aromatic rings. The van der Waals surface area contributed by atoms with Crippen LogP contribution in [0.4, 0.5) is 0 Å². The molecule has 2 N–H and O–H groups in total. The maximum Gasteiger partial charge on any atom is 0.175 e. The molecule has 0 radical (unpaired) electrons. The minimum atomic E-state index is -1.78. The van der Waals surface area contributed by atoms with Gasteiger partial charge in [-0.15, -0.1) is 0 Å². The van der Waals surface area contributed by atoms with E-state index in [1.54, 1.807) is 0 Å². The highest BCUT2D eigenvalue weighted by Crippen LogP contribution is 2.52. The Labute approximate surface area is 205 Å². The van der Waals surface area contributed by atoms with Crippen LogP contribution in [0.2, 0.25) is 0 Å². The molecule has 0 aliphatic rings. The van der Waals surface area contributed by atoms with Gasteiger partial charge in [0.2, 0.25) is 0 Å². The van der Waals surface area contributed by atoms with Gasteiger partial charge in [0.15, 0.2) is 23.1 Å². The Morgan fingerprint density at radius 1 is 0.594 bits per heavy atom. The zero-order chi connectivity index (χ0) is 25.6. The van der Waals surface area contributed by atoms with Crippen molar-refractivity contribution in [3.8, 4) is 0 Å². The van der Waals surface area contributed by atoms with Gasteiger partial charge in [-0.3, -0.25) is 19.2 Å². The summed E-state index contributed by atoms with van der Waals surface area (Å²) in [6.45, 7) is 22.8. The molecule has 2 atom stereocenters. The molecule has 0 spiro atoms. The average molecular weight is 519 g/mol. The third kappa shape index (κ3) is 6.74. The molecule has 0 aliphatic carbocycles. The number of aliphatic hydroxyl groups excluding tert-OH is 2. The van der Waals surface area contributed by atoms with Crippen LogP contribution in [0, 0.1) is 10.8 Å². The van der Waals surface area contributed by atoms with Gasteiger partial charge in [-0.1, -0.05) is 26.3 Å². The van der Waals surface area contributed by atoms with Crippen LogP contribution in [0.15, 0.2) is 48.6 Å². The van der Waals surface area contributed by atoms with Crippen molar-refractivity contribution in [2.45, 2.75) is 52.4 Å². The lowest BCUT2D eigenvalue weighted by Crippen LogP contribution is -2.45. The summed E-state index contributed by atoms with van der Waals surface area (Å²) in [5.41, 5.74) is -5.95. The third-order valence-corrected chi connectivity index (χ3v) is 11.4. The molecule has 2 unspecified atom stereocenters. The smallest absolute Gasteiger partial charge is 0.175 e. The molecule has 0 fully saturated rings. The van der Waals surface area contributed by atoms with Crippen LogP contribution in [0.1, 0.15) is 41.5 Å². The van der Waals surface area contributed by atoms with E-state index < -0.39 is 44.8 Å². The fourth-order valence-electron chi connectivity index (χ4n) is 2.73. The Kier molecular flexibility index (Phi) is 12.0. The molecule has 32 heavy (non-hydrogen) atoms. The minimum Gasteiger partial charge on any atom is -0.380 e. The molecule has 0 aromatic heterocycles. The summed E-state index contributed by atoms with van der Waals surface area (Å²) >= 11 is 0. The van der Waals surface area contributed by atoms with Crippen molar-refractivity contribution < 1.29 is 29.4 Å². The monoisotopic (exact) mass is 518 g/mol. The molecule has 178 valence electrons. The van der Waals surface area contributed by atoms with Crippen LogP contribution < -0.4 is 0 Å². The van der Waals surface area contributed by atoms with Crippen LogP contribution in [-0.4, -0.2) is 44.2 Å². The van der Waals surface area contributed by atoms with Crippen LogP contribution in [0.3, 0.4) is 0 Å². The average Bonchev–Trinajstić information content (AvgIpc) is 2.72. The van der Waals surface area contributed by atoms with Crippen molar-refractivity contribution in [2.75, 3.05) is 0 Å².